The van der Waals surface area contributed by atoms with Crippen LogP contribution in [0.4, 0.5) is 9.59 Å². The summed E-state index contributed by atoms with van der Waals surface area (Å²) in [7, 11) is 0. The molecule has 2 rings (SSSR count). The smallest absolute Gasteiger partial charge is 0.325 e. The van der Waals surface area contributed by atoms with Crippen molar-refractivity contribution < 1.29 is 19.2 Å². The third-order valence-electron chi connectivity index (χ3n) is 3.77. The highest BCUT2D eigenvalue weighted by molar-refractivity contribution is 9.10. The first-order valence-electron chi connectivity index (χ1n) is 7.75. The van der Waals surface area contributed by atoms with E-state index in [0.717, 1.165) is 15.8 Å². The molecule has 1 heterocycles. The molecule has 1 saturated heterocycles. The Kier molecular flexibility index (Phi) is 5.78. The fourth-order valence-corrected chi connectivity index (χ4v) is 2.83. The molecule has 1 aromatic carbocycles. The molecular formula is C16H19BrN4O4. The second-order valence-electron chi connectivity index (χ2n) is 5.76. The number of hydrogen-bond acceptors (Lipinski definition) is 4. The van der Waals surface area contributed by atoms with Crippen molar-refractivity contribution in [2.75, 3.05) is 13.1 Å². The number of carbonyl (C=O) groups is 4. The normalized spacial score (nSPS) is 19.6. The lowest BCUT2D eigenvalue weighted by atomic mass is 9.92. The molecule has 0 aliphatic carbocycles. The van der Waals surface area contributed by atoms with Gasteiger partial charge in [0.1, 0.15) is 12.1 Å². The Morgan fingerprint density at radius 2 is 2.04 bits per heavy atom. The van der Waals surface area contributed by atoms with E-state index in [1.54, 1.807) is 31.2 Å². The molecule has 0 aromatic heterocycles. The topological polar surface area (TPSA) is 108 Å². The fourth-order valence-electron chi connectivity index (χ4n) is 2.43. The molecule has 3 N–H and O–H groups in total. The summed E-state index contributed by atoms with van der Waals surface area (Å²) in [6, 6.07) is 5.64. The van der Waals surface area contributed by atoms with E-state index in [2.05, 4.69) is 31.9 Å². The van der Waals surface area contributed by atoms with Crippen LogP contribution in [0, 0.1) is 0 Å². The molecule has 6 amide bonds. The van der Waals surface area contributed by atoms with E-state index in [9.17, 15) is 19.2 Å². The Balaban J connectivity index is 2.08. The molecule has 1 aliphatic heterocycles. The summed E-state index contributed by atoms with van der Waals surface area (Å²) in [5, 5.41) is 7.17. The number of hydrogen-bond donors (Lipinski definition) is 3. The maximum Gasteiger partial charge on any atom is 0.325 e. The van der Waals surface area contributed by atoms with Gasteiger partial charge in [0.2, 0.25) is 5.91 Å². The number of halogens is 1. The van der Waals surface area contributed by atoms with Gasteiger partial charge in [-0.1, -0.05) is 35.0 Å². The van der Waals surface area contributed by atoms with Crippen molar-refractivity contribution in [2.45, 2.75) is 25.8 Å². The van der Waals surface area contributed by atoms with Crippen LogP contribution in [-0.2, 0) is 15.1 Å². The van der Waals surface area contributed by atoms with Crippen LogP contribution >= 0.6 is 15.9 Å². The molecule has 1 aliphatic rings. The van der Waals surface area contributed by atoms with Crippen molar-refractivity contribution >= 4 is 39.8 Å². The molecule has 1 aromatic rings. The first-order valence-corrected chi connectivity index (χ1v) is 8.55. The summed E-state index contributed by atoms with van der Waals surface area (Å²) in [6.07, 6.45) is 0.722. The zero-order chi connectivity index (χ0) is 18.6. The first-order chi connectivity index (χ1) is 11.8. The highest BCUT2D eigenvalue weighted by Gasteiger charge is 2.49. The molecule has 1 fully saturated rings. The van der Waals surface area contributed by atoms with Crippen molar-refractivity contribution in [3.63, 3.8) is 0 Å². The average molecular weight is 411 g/mol. The Morgan fingerprint density at radius 1 is 1.32 bits per heavy atom. The maximum atomic E-state index is 12.7. The molecule has 134 valence electrons. The lowest BCUT2D eigenvalue weighted by Crippen LogP contribution is -2.47. The van der Waals surface area contributed by atoms with Crippen LogP contribution in [0.15, 0.2) is 28.7 Å². The van der Waals surface area contributed by atoms with Crippen molar-refractivity contribution in [3.05, 3.63) is 34.3 Å². The van der Waals surface area contributed by atoms with Gasteiger partial charge in [-0.05, 0) is 31.0 Å². The van der Waals surface area contributed by atoms with Gasteiger partial charge in [-0.3, -0.25) is 19.8 Å². The van der Waals surface area contributed by atoms with Gasteiger partial charge < -0.3 is 10.6 Å². The predicted molar refractivity (Wildman–Crippen MR) is 93.6 cm³/mol. The van der Waals surface area contributed by atoms with Crippen LogP contribution in [-0.4, -0.2) is 41.9 Å². The fraction of sp³-hybridized carbons (Fsp3) is 0.375. The molecule has 1 unspecified atom stereocenters. The van der Waals surface area contributed by atoms with Gasteiger partial charge >= 0.3 is 12.1 Å². The number of rotatable bonds is 5. The third-order valence-corrected chi connectivity index (χ3v) is 4.26. The third kappa shape index (κ3) is 4.16. The molecular weight excluding hydrogens is 392 g/mol. The Bertz CT molecular complexity index is 724. The van der Waals surface area contributed by atoms with Crippen LogP contribution in [0.1, 0.15) is 25.8 Å². The first kappa shape index (κ1) is 18.9. The van der Waals surface area contributed by atoms with Gasteiger partial charge in [0.15, 0.2) is 0 Å². The van der Waals surface area contributed by atoms with E-state index in [1.165, 1.54) is 0 Å². The predicted octanol–water partition coefficient (Wildman–Crippen LogP) is 1.45. The molecule has 9 heteroatoms. The van der Waals surface area contributed by atoms with E-state index >= 15 is 0 Å². The molecule has 8 nitrogen and oxygen atoms in total. The van der Waals surface area contributed by atoms with E-state index in [4.69, 9.17) is 0 Å². The summed E-state index contributed by atoms with van der Waals surface area (Å²) in [5.74, 6) is -1.30. The number of imide groups is 2. The minimum absolute atomic E-state index is 0.420. The maximum absolute atomic E-state index is 12.7. The molecule has 0 radical (unpaired) electrons. The Hall–Kier alpha value is -2.42. The van der Waals surface area contributed by atoms with E-state index in [1.807, 2.05) is 6.92 Å². The Morgan fingerprint density at radius 3 is 2.68 bits per heavy atom. The summed E-state index contributed by atoms with van der Waals surface area (Å²) in [4.78, 5) is 49.0. The molecule has 0 bridgehead atoms. The second kappa shape index (κ2) is 7.64. The van der Waals surface area contributed by atoms with Gasteiger partial charge in [0, 0.05) is 11.0 Å². The molecule has 25 heavy (non-hydrogen) atoms. The summed E-state index contributed by atoms with van der Waals surface area (Å²) in [6.45, 7) is 3.33. The largest absolute Gasteiger partial charge is 0.338 e. The van der Waals surface area contributed by atoms with Crippen LogP contribution in [0.25, 0.3) is 0 Å². The van der Waals surface area contributed by atoms with Crippen molar-refractivity contribution in [3.8, 4) is 0 Å². The molecule has 1 atom stereocenters. The number of benzene rings is 1. The van der Waals surface area contributed by atoms with Gasteiger partial charge in [-0.25, -0.2) is 9.59 Å². The summed E-state index contributed by atoms with van der Waals surface area (Å²) < 4.78 is 0.761. The van der Waals surface area contributed by atoms with Crippen LogP contribution in [0.2, 0.25) is 0 Å². The SMILES string of the molecule is CCCNC(=O)NC(=O)CN1C(=O)NC(C)(c2cccc(Br)c2)C1=O. The minimum Gasteiger partial charge on any atom is -0.338 e. The lowest BCUT2D eigenvalue weighted by molar-refractivity contribution is -0.134. The highest BCUT2D eigenvalue weighted by Crippen LogP contribution is 2.30. The number of amides is 6. The van der Waals surface area contributed by atoms with Crippen LogP contribution in [0.5, 0.6) is 0 Å². The van der Waals surface area contributed by atoms with Crippen molar-refractivity contribution in [1.82, 2.24) is 20.9 Å². The number of carbonyl (C=O) groups excluding carboxylic acids is 4. The second-order valence-corrected chi connectivity index (χ2v) is 6.68. The lowest BCUT2D eigenvalue weighted by Gasteiger charge is -2.22. The highest BCUT2D eigenvalue weighted by atomic mass is 79.9. The number of nitrogens with one attached hydrogen (secondary N) is 3. The van der Waals surface area contributed by atoms with E-state index in [-0.39, 0.29) is 0 Å². The van der Waals surface area contributed by atoms with Crippen LogP contribution < -0.4 is 16.0 Å². The quantitative estimate of drug-likeness (QED) is 0.638. The molecule has 0 spiro atoms. The van der Waals surface area contributed by atoms with Crippen molar-refractivity contribution in [1.29, 1.82) is 0 Å². The van der Waals surface area contributed by atoms with Crippen LogP contribution in [0.3, 0.4) is 0 Å². The zero-order valence-corrected chi connectivity index (χ0v) is 15.5. The molecule has 0 saturated carbocycles. The number of urea groups is 2. The summed E-state index contributed by atoms with van der Waals surface area (Å²) in [5.41, 5.74) is -0.685. The standard InChI is InChI=1S/C16H19BrN4O4/c1-3-7-18-14(24)19-12(22)9-21-13(23)16(2,20-15(21)25)10-5-4-6-11(17)8-10/h4-6,8H,3,7,9H2,1-2H3,(H,20,25)(H2,18,19,22,24). The zero-order valence-electron chi connectivity index (χ0n) is 13.9. The van der Waals surface area contributed by atoms with E-state index in [0.29, 0.717) is 12.1 Å². The number of nitrogens with zero attached hydrogens (tertiary/aromatic N) is 1. The monoisotopic (exact) mass is 410 g/mol. The van der Waals surface area contributed by atoms with Gasteiger partial charge in [-0.2, -0.15) is 0 Å². The Labute approximate surface area is 153 Å². The van der Waals surface area contributed by atoms with Gasteiger partial charge in [0.25, 0.3) is 5.91 Å². The average Bonchev–Trinajstić information content (AvgIpc) is 2.77. The van der Waals surface area contributed by atoms with Crippen molar-refractivity contribution in [2.24, 2.45) is 0 Å². The minimum atomic E-state index is -1.27. The van der Waals surface area contributed by atoms with Gasteiger partial charge in [0.05, 0.1) is 0 Å². The van der Waals surface area contributed by atoms with E-state index < -0.39 is 36.0 Å². The van der Waals surface area contributed by atoms with Gasteiger partial charge in [-0.15, -0.1) is 0 Å². The summed E-state index contributed by atoms with van der Waals surface area (Å²) >= 11 is 3.33.